The molecule has 0 aliphatic carbocycles. The van der Waals surface area contributed by atoms with E-state index in [4.69, 9.17) is 19.2 Å². The second-order valence-corrected chi connectivity index (χ2v) is 37.1. The van der Waals surface area contributed by atoms with Gasteiger partial charge < -0.3 is 14.2 Å². The minimum atomic E-state index is -0.690. The summed E-state index contributed by atoms with van der Waals surface area (Å²) in [5, 5.41) is 22.1. The molecule has 30 aromatic rings. The number of fused-ring (bicyclic) bond motifs is 36. The van der Waals surface area contributed by atoms with Crippen molar-refractivity contribution in [2.24, 2.45) is 0 Å². The van der Waals surface area contributed by atoms with Crippen molar-refractivity contribution in [1.29, 1.82) is 0 Å². The Labute approximate surface area is 739 Å². The van der Waals surface area contributed by atoms with Gasteiger partial charge in [0.25, 0.3) is 0 Å². The van der Waals surface area contributed by atoms with Crippen LogP contribution in [0.15, 0.2) is 346 Å². The second kappa shape index (κ2) is 20.8. The van der Waals surface area contributed by atoms with Crippen LogP contribution < -0.4 is 41.6 Å². The molecule has 0 N–H and O–H groups in total. The van der Waals surface area contributed by atoms with Gasteiger partial charge in [0.1, 0.15) is 89.9 Å². The van der Waals surface area contributed by atoms with Gasteiger partial charge in [-0.2, -0.15) is 53.8 Å². The Bertz CT molecular complexity index is 9650. The second-order valence-electron chi connectivity index (χ2n) is 37.1. The minimum Gasteiger partial charge on any atom is -0.456 e. The van der Waals surface area contributed by atoms with E-state index in [1.165, 1.54) is 225 Å². The number of benzene rings is 15. The molecule has 24 heterocycles. The predicted molar refractivity (Wildman–Crippen MR) is 509 cm³/mol. The molecule has 132 heavy (non-hydrogen) atoms. The fourth-order valence-electron chi connectivity index (χ4n) is 28.0. The molecule has 9 aliphatic rings. The number of ether oxygens (including phenoxy) is 3. The molecule has 3 spiro atoms. The van der Waals surface area contributed by atoms with Crippen LogP contribution in [-0.4, -0.2) is 41.4 Å². The van der Waals surface area contributed by atoms with E-state index < -0.39 is 17.0 Å². The monoisotopic (exact) mass is 1680 g/mol. The van der Waals surface area contributed by atoms with Gasteiger partial charge in [0.15, 0.2) is 71.7 Å². The summed E-state index contributed by atoms with van der Waals surface area (Å²) in [6.07, 6.45) is 9.76. The molecular formula is C114H57N15O3+6. The lowest BCUT2D eigenvalue weighted by Crippen LogP contribution is -2.71. The van der Waals surface area contributed by atoms with Gasteiger partial charge in [-0.1, -0.05) is 127 Å². The number of hydrogen-bond donors (Lipinski definition) is 0. The number of pyridine rings is 9. The SMILES string of the molecule is c1ccc2c(c1)c1ccc3c4c1c1n2c2ccccc2[n+]1C41c2c(ccc4c5cccnc5n5c6ccccc6[n+]1c5c24)O3.c1ccc2c(c1)c1ccc3c4c1c1n2c2ccccc2[n+]1C41c2c(ccc4c5ccncc5n5c6ccccc6[n+]1c5c24)O3.c1ccc2c(c1)c1ccc3c4c1c1n2c2ccccc2[n+]1C41c2c(ccc4c5cnccc5n5c6ccccc6[n+]1c5c24)O3. The molecule has 0 amide bonds. The van der Waals surface area contributed by atoms with Crippen LogP contribution in [0.25, 0.3) is 230 Å². The van der Waals surface area contributed by atoms with Crippen molar-refractivity contribution < 1.29 is 41.6 Å². The maximum Gasteiger partial charge on any atom is 0.316 e. The van der Waals surface area contributed by atoms with Gasteiger partial charge in [-0.25, -0.2) is 4.98 Å². The molecule has 18 nitrogen and oxygen atoms in total. The highest BCUT2D eigenvalue weighted by Crippen LogP contribution is 2.64. The van der Waals surface area contributed by atoms with Crippen molar-refractivity contribution in [3.8, 4) is 34.5 Å². The summed E-state index contributed by atoms with van der Waals surface area (Å²) in [7, 11) is 0. The van der Waals surface area contributed by atoms with Gasteiger partial charge >= 0.3 is 50.9 Å². The van der Waals surface area contributed by atoms with E-state index in [1.807, 2.05) is 37.1 Å². The van der Waals surface area contributed by atoms with Gasteiger partial charge in [-0.05, 0) is 182 Å². The zero-order chi connectivity index (χ0) is 84.2. The standard InChI is InChI=1S/3C38H19N5O/c1-2-10-24-20(8-1)21-15-17-29-33-31(21)36-40(24)25-11-3-5-13-27(25)42(36)38(33)34-30(44-29)18-16-22-23-9-7-19-39-35(23)41-26-12-4-6-14-28(26)43(38)37(41)32(22)34;1-2-8-24-20(7-1)22-13-15-30-34-32(22)36-40(24)25-9-3-5-11-27(25)42(36)38(34)35-31(44-30)16-14-23-21-17-18-39-19-29(21)41-26-10-4-6-12-28(26)43(38)37(41)33(23)35;1-2-8-24-20(7-1)21-13-15-30-34-32(21)36-40(24)26-9-3-5-11-28(26)42(36)38(34)35-31(44-30)16-14-22-23-19-39-18-17-25(23)41-27-10-4-6-12-29(27)43(38)37(41)33(22)35/h3*1-19H/q3*+2. The maximum atomic E-state index is 6.94. The number of hydrogen-bond acceptors (Lipinski definition) is 6. The molecule has 39 rings (SSSR count). The van der Waals surface area contributed by atoms with Crippen molar-refractivity contribution in [3.05, 3.63) is 380 Å². The van der Waals surface area contributed by atoms with Crippen molar-refractivity contribution in [2.45, 2.75) is 17.0 Å². The average molecular weight is 1680 g/mol. The first-order valence-electron chi connectivity index (χ1n) is 45.2. The summed E-state index contributed by atoms with van der Waals surface area (Å²) in [6.45, 7) is 0. The molecule has 0 bridgehead atoms. The lowest BCUT2D eigenvalue weighted by Gasteiger charge is -2.31. The normalized spacial score (nSPS) is 17.4. The molecule has 3 atom stereocenters. The molecule has 0 fully saturated rings. The molecule has 0 saturated carbocycles. The van der Waals surface area contributed by atoms with Crippen LogP contribution in [0.1, 0.15) is 33.4 Å². The van der Waals surface area contributed by atoms with Crippen LogP contribution in [0.5, 0.6) is 34.5 Å². The van der Waals surface area contributed by atoms with Gasteiger partial charge in [0.05, 0.1) is 43.9 Å². The van der Waals surface area contributed by atoms with Gasteiger partial charge in [0.2, 0.25) is 5.65 Å². The average Bonchev–Trinajstić information content (AvgIpc) is 1.46. The Morgan fingerprint density at radius 2 is 0.439 bits per heavy atom. The lowest BCUT2D eigenvalue weighted by molar-refractivity contribution is -0.924. The number of nitrogens with zero attached hydrogens (tertiary/aromatic N) is 15. The number of imidazole rings is 6. The summed E-state index contributed by atoms with van der Waals surface area (Å²) in [6, 6.07) is 115. The Morgan fingerprint density at radius 3 is 0.788 bits per heavy atom. The first-order chi connectivity index (χ1) is 65.6. The highest BCUT2D eigenvalue weighted by atomic mass is 16.5. The van der Waals surface area contributed by atoms with E-state index in [0.29, 0.717) is 0 Å². The number of rotatable bonds is 0. The van der Waals surface area contributed by atoms with E-state index in [0.717, 1.165) is 73.1 Å². The first kappa shape index (κ1) is 64.7. The summed E-state index contributed by atoms with van der Waals surface area (Å²) < 4.78 is 51.3. The zero-order valence-corrected chi connectivity index (χ0v) is 69.3. The van der Waals surface area contributed by atoms with Gasteiger partial charge in [-0.3, -0.25) is 9.97 Å². The van der Waals surface area contributed by atoms with E-state index in [-0.39, 0.29) is 0 Å². The van der Waals surface area contributed by atoms with E-state index >= 15 is 0 Å². The summed E-state index contributed by atoms with van der Waals surface area (Å²) >= 11 is 0. The van der Waals surface area contributed by atoms with Crippen LogP contribution in [0, 0.1) is 0 Å². The van der Waals surface area contributed by atoms with Crippen LogP contribution in [0.4, 0.5) is 0 Å². The molecule has 18 heteroatoms. The van der Waals surface area contributed by atoms with Crippen molar-refractivity contribution in [3.63, 3.8) is 0 Å². The molecule has 0 radical (unpaired) electrons. The molecule has 15 aromatic carbocycles. The Kier molecular flexibility index (Phi) is 10.2. The smallest absolute Gasteiger partial charge is 0.316 e. The fourth-order valence-corrected chi connectivity index (χ4v) is 28.0. The largest absolute Gasteiger partial charge is 0.456 e. The van der Waals surface area contributed by atoms with E-state index in [2.05, 4.69) is 373 Å². The molecule has 3 unspecified atom stereocenters. The van der Waals surface area contributed by atoms with Gasteiger partial charge in [0, 0.05) is 90.1 Å². The van der Waals surface area contributed by atoms with Crippen LogP contribution >= 0.6 is 0 Å². The molecule has 15 aromatic heterocycles. The topological polar surface area (TPSA) is 116 Å². The fraction of sp³-hybridized carbons (Fsp3) is 0.0263. The summed E-state index contributed by atoms with van der Waals surface area (Å²) in [5.41, 5.74) is 33.6. The van der Waals surface area contributed by atoms with Crippen molar-refractivity contribution in [2.75, 3.05) is 0 Å². The highest BCUT2D eigenvalue weighted by molar-refractivity contribution is 6.24. The van der Waals surface area contributed by atoms with Crippen molar-refractivity contribution in [1.82, 2.24) is 41.4 Å². The van der Waals surface area contributed by atoms with Crippen LogP contribution in [-0.2, 0) is 17.0 Å². The minimum absolute atomic E-state index is 0.683. The van der Waals surface area contributed by atoms with E-state index in [9.17, 15) is 0 Å². The Hall–Kier alpha value is -18.0. The predicted octanol–water partition coefficient (Wildman–Crippen LogP) is 21.3. The number of aromatic nitrogens is 15. The third-order valence-corrected chi connectivity index (χ3v) is 32.0. The van der Waals surface area contributed by atoms with Crippen molar-refractivity contribution >= 4 is 230 Å². The zero-order valence-electron chi connectivity index (χ0n) is 69.3. The summed E-state index contributed by atoms with van der Waals surface area (Å²) in [4.78, 5) is 14.2. The van der Waals surface area contributed by atoms with Gasteiger partial charge in [-0.15, -0.1) is 0 Å². The third-order valence-electron chi connectivity index (χ3n) is 32.0. The Balaban J connectivity index is 0.0000000844. The molecular weight excluding hydrogens is 1630 g/mol. The summed E-state index contributed by atoms with van der Waals surface area (Å²) in [5.74, 6) is 5.50. The third kappa shape index (κ3) is 6.30. The lowest BCUT2D eigenvalue weighted by atomic mass is 9.85. The quantitative estimate of drug-likeness (QED) is 0.110. The van der Waals surface area contributed by atoms with E-state index in [1.54, 1.807) is 0 Å². The highest BCUT2D eigenvalue weighted by Gasteiger charge is 2.71. The molecule has 9 aliphatic heterocycles. The molecule has 0 saturated heterocycles. The maximum absolute atomic E-state index is 6.94. The molecule has 600 valence electrons. The van der Waals surface area contributed by atoms with Crippen LogP contribution in [0.2, 0.25) is 0 Å². The first-order valence-corrected chi connectivity index (χ1v) is 45.2. The Morgan fingerprint density at radius 1 is 0.189 bits per heavy atom. The van der Waals surface area contributed by atoms with Crippen LogP contribution in [0.3, 0.4) is 0 Å². The number of para-hydroxylation sites is 15.